The highest BCUT2D eigenvalue weighted by atomic mass is 32.1. The molecule has 0 unspecified atom stereocenters. The largest absolute Gasteiger partial charge is 0.492 e. The molecule has 0 aliphatic rings. The number of alkyl carbamates (subject to hydrolysis) is 1. The fourth-order valence-electron chi connectivity index (χ4n) is 1.83. The monoisotopic (exact) mass is 343 g/mol. The Bertz CT molecular complexity index is 507. The number of carboxylic acid groups (broad SMARTS) is 1. The van der Waals surface area contributed by atoms with Gasteiger partial charge >= 0.3 is 12.1 Å². The molecular formula is C16H25NO5S. The molecule has 1 aromatic heterocycles. The molecule has 6 nitrogen and oxygen atoms in total. The number of unbranched alkanes of at least 4 members (excludes halogenated alkanes) is 3. The highest BCUT2D eigenvalue weighted by Crippen LogP contribution is 2.24. The SMILES string of the molecule is CC(C)(C)OC(=O)NCCCCCCOc1ccsc1C(=O)O. The van der Waals surface area contributed by atoms with Crippen molar-refractivity contribution in [3.05, 3.63) is 16.3 Å². The van der Waals surface area contributed by atoms with Crippen molar-refractivity contribution in [3.63, 3.8) is 0 Å². The molecule has 0 fully saturated rings. The number of carboxylic acids is 1. The van der Waals surface area contributed by atoms with Crippen LogP contribution in [0.15, 0.2) is 11.4 Å². The van der Waals surface area contributed by atoms with Crippen LogP contribution in [0.1, 0.15) is 56.1 Å². The number of ether oxygens (including phenoxy) is 2. The Kier molecular flexibility index (Phi) is 7.88. The van der Waals surface area contributed by atoms with Crippen LogP contribution >= 0.6 is 11.3 Å². The predicted octanol–water partition coefficient (Wildman–Crippen LogP) is 3.91. The second-order valence-electron chi connectivity index (χ2n) is 6.11. The van der Waals surface area contributed by atoms with Crippen molar-refractivity contribution in [1.29, 1.82) is 0 Å². The molecule has 0 aromatic carbocycles. The molecule has 0 saturated carbocycles. The molecule has 0 atom stereocenters. The van der Waals surface area contributed by atoms with Crippen LogP contribution in [0.4, 0.5) is 4.79 Å². The average molecular weight is 343 g/mol. The van der Waals surface area contributed by atoms with Gasteiger partial charge in [0.05, 0.1) is 6.61 Å². The van der Waals surface area contributed by atoms with Gasteiger partial charge in [-0.05, 0) is 45.1 Å². The number of hydrogen-bond donors (Lipinski definition) is 2. The van der Waals surface area contributed by atoms with E-state index in [1.807, 2.05) is 20.8 Å². The van der Waals surface area contributed by atoms with Crippen LogP contribution in [0.3, 0.4) is 0 Å². The topological polar surface area (TPSA) is 84.9 Å². The van der Waals surface area contributed by atoms with Crippen LogP contribution in [0.5, 0.6) is 5.75 Å². The molecule has 0 aliphatic carbocycles. The highest BCUT2D eigenvalue weighted by Gasteiger charge is 2.15. The van der Waals surface area contributed by atoms with E-state index in [1.54, 1.807) is 11.4 Å². The van der Waals surface area contributed by atoms with Crippen molar-refractivity contribution in [3.8, 4) is 5.75 Å². The van der Waals surface area contributed by atoms with Crippen LogP contribution in [0, 0.1) is 0 Å². The standard InChI is InChI=1S/C16H25NO5S/c1-16(2,3)22-15(20)17-9-6-4-5-7-10-21-12-8-11-23-13(12)14(18)19/h8,11H,4-7,9-10H2,1-3H3,(H,17,20)(H,18,19). The summed E-state index contributed by atoms with van der Waals surface area (Å²) in [5.41, 5.74) is -0.474. The van der Waals surface area contributed by atoms with Crippen molar-refractivity contribution in [2.75, 3.05) is 13.2 Å². The van der Waals surface area contributed by atoms with E-state index in [4.69, 9.17) is 14.6 Å². The molecule has 0 radical (unpaired) electrons. The van der Waals surface area contributed by atoms with Gasteiger partial charge in [-0.15, -0.1) is 11.3 Å². The maximum atomic E-state index is 11.4. The molecule has 0 aliphatic heterocycles. The van der Waals surface area contributed by atoms with Crippen LogP contribution in [0.2, 0.25) is 0 Å². The molecule has 1 amide bonds. The summed E-state index contributed by atoms with van der Waals surface area (Å²) in [6, 6.07) is 1.68. The zero-order valence-corrected chi connectivity index (χ0v) is 14.7. The fourth-order valence-corrected chi connectivity index (χ4v) is 2.51. The maximum absolute atomic E-state index is 11.4. The first-order valence-electron chi connectivity index (χ1n) is 7.70. The Labute approximate surface area is 140 Å². The highest BCUT2D eigenvalue weighted by molar-refractivity contribution is 7.12. The molecule has 1 rings (SSSR count). The third-order valence-electron chi connectivity index (χ3n) is 2.82. The molecule has 1 heterocycles. The lowest BCUT2D eigenvalue weighted by atomic mass is 10.2. The summed E-state index contributed by atoms with van der Waals surface area (Å²) >= 11 is 1.16. The number of nitrogens with one attached hydrogen (secondary N) is 1. The molecule has 2 N–H and O–H groups in total. The van der Waals surface area contributed by atoms with E-state index in [0.29, 0.717) is 18.9 Å². The van der Waals surface area contributed by atoms with E-state index in [9.17, 15) is 9.59 Å². The molecule has 0 bridgehead atoms. The Morgan fingerprint density at radius 2 is 1.91 bits per heavy atom. The summed E-state index contributed by atoms with van der Waals surface area (Å²) in [5, 5.41) is 13.4. The quantitative estimate of drug-likeness (QED) is 0.664. The summed E-state index contributed by atoms with van der Waals surface area (Å²) in [5.74, 6) is -0.516. The maximum Gasteiger partial charge on any atom is 0.407 e. The molecule has 0 spiro atoms. The number of thiophene rings is 1. The molecular weight excluding hydrogens is 318 g/mol. The second kappa shape index (κ2) is 9.39. The Morgan fingerprint density at radius 3 is 2.57 bits per heavy atom. The van der Waals surface area contributed by atoms with Gasteiger partial charge in [0.25, 0.3) is 0 Å². The van der Waals surface area contributed by atoms with Crippen molar-refractivity contribution >= 4 is 23.4 Å². The summed E-state index contributed by atoms with van der Waals surface area (Å²) in [7, 11) is 0. The Morgan fingerprint density at radius 1 is 1.22 bits per heavy atom. The van der Waals surface area contributed by atoms with Crippen molar-refractivity contribution in [2.24, 2.45) is 0 Å². The van der Waals surface area contributed by atoms with Gasteiger partial charge in [0, 0.05) is 6.54 Å². The van der Waals surface area contributed by atoms with E-state index in [0.717, 1.165) is 37.0 Å². The molecule has 1 aromatic rings. The van der Waals surface area contributed by atoms with Crippen LogP contribution in [-0.2, 0) is 4.74 Å². The van der Waals surface area contributed by atoms with E-state index in [-0.39, 0.29) is 11.0 Å². The molecule has 0 saturated heterocycles. The van der Waals surface area contributed by atoms with Crippen molar-refractivity contribution in [2.45, 2.75) is 52.1 Å². The Hall–Kier alpha value is -1.76. The van der Waals surface area contributed by atoms with Gasteiger partial charge < -0.3 is 19.9 Å². The first kappa shape index (κ1) is 19.3. The summed E-state index contributed by atoms with van der Waals surface area (Å²) in [6.07, 6.45) is 3.26. The minimum Gasteiger partial charge on any atom is -0.492 e. The molecule has 7 heteroatoms. The normalized spacial score (nSPS) is 11.1. The zero-order valence-electron chi connectivity index (χ0n) is 13.9. The second-order valence-corrected chi connectivity index (χ2v) is 7.03. The van der Waals surface area contributed by atoms with Crippen molar-refractivity contribution < 1.29 is 24.2 Å². The number of hydrogen-bond acceptors (Lipinski definition) is 5. The predicted molar refractivity (Wildman–Crippen MR) is 89.5 cm³/mol. The lowest BCUT2D eigenvalue weighted by Gasteiger charge is -2.19. The Balaban J connectivity index is 2.03. The number of amides is 1. The van der Waals surface area contributed by atoms with Gasteiger partial charge in [0.2, 0.25) is 0 Å². The van der Waals surface area contributed by atoms with Gasteiger partial charge in [-0.3, -0.25) is 0 Å². The lowest BCUT2D eigenvalue weighted by Crippen LogP contribution is -2.32. The number of aromatic carboxylic acids is 1. The smallest absolute Gasteiger partial charge is 0.407 e. The summed E-state index contributed by atoms with van der Waals surface area (Å²) in [6.45, 7) is 6.57. The van der Waals surface area contributed by atoms with E-state index in [2.05, 4.69) is 5.32 Å². The third-order valence-corrected chi connectivity index (χ3v) is 3.70. The lowest BCUT2D eigenvalue weighted by molar-refractivity contribution is 0.0526. The minimum atomic E-state index is -0.955. The number of carbonyl (C=O) groups is 2. The fraction of sp³-hybridized carbons (Fsp3) is 0.625. The number of carbonyl (C=O) groups excluding carboxylic acids is 1. The van der Waals surface area contributed by atoms with Crippen LogP contribution in [-0.4, -0.2) is 35.9 Å². The first-order valence-corrected chi connectivity index (χ1v) is 8.58. The molecule has 130 valence electrons. The van der Waals surface area contributed by atoms with E-state index >= 15 is 0 Å². The average Bonchev–Trinajstić information content (AvgIpc) is 2.88. The van der Waals surface area contributed by atoms with Crippen LogP contribution in [0.25, 0.3) is 0 Å². The summed E-state index contributed by atoms with van der Waals surface area (Å²) in [4.78, 5) is 22.6. The van der Waals surface area contributed by atoms with Gasteiger partial charge in [-0.25, -0.2) is 9.59 Å². The zero-order chi connectivity index (χ0) is 17.3. The first-order chi connectivity index (χ1) is 10.8. The van der Waals surface area contributed by atoms with Gasteiger partial charge in [-0.1, -0.05) is 12.8 Å². The van der Waals surface area contributed by atoms with E-state index < -0.39 is 11.6 Å². The van der Waals surface area contributed by atoms with Gasteiger partial charge in [-0.2, -0.15) is 0 Å². The summed E-state index contributed by atoms with van der Waals surface area (Å²) < 4.78 is 10.6. The third kappa shape index (κ3) is 8.44. The van der Waals surface area contributed by atoms with Gasteiger partial charge in [0.1, 0.15) is 11.4 Å². The van der Waals surface area contributed by atoms with Gasteiger partial charge in [0.15, 0.2) is 4.88 Å². The van der Waals surface area contributed by atoms with Crippen molar-refractivity contribution in [1.82, 2.24) is 5.32 Å². The molecule has 23 heavy (non-hydrogen) atoms. The minimum absolute atomic E-state index is 0.242. The number of rotatable bonds is 9. The van der Waals surface area contributed by atoms with Crippen LogP contribution < -0.4 is 10.1 Å². The van der Waals surface area contributed by atoms with E-state index in [1.165, 1.54) is 0 Å².